The molecule has 0 unspecified atom stereocenters. The SMILES string of the molecule is [AlH3].[BaH2].[OH][Ti]([OH])([OH])[OH].[OH][Ti]([OH])([OH])[OH]. The van der Waals surface area contributed by atoms with Crippen LogP contribution >= 0.6 is 0 Å². The molecule has 0 aliphatic rings. The van der Waals surface area contributed by atoms with Gasteiger partial charge in [-0.1, -0.05) is 0 Å². The molecule has 0 aliphatic heterocycles. The van der Waals surface area contributed by atoms with E-state index in [9.17, 15) is 0 Å². The van der Waals surface area contributed by atoms with Crippen LogP contribution in [0.1, 0.15) is 0 Å². The molecule has 0 bridgehead atoms. The van der Waals surface area contributed by atoms with Gasteiger partial charge in [-0.25, -0.2) is 0 Å². The third-order valence-corrected chi connectivity index (χ3v) is 0. The monoisotopic (exact) mass is 402 g/mol. The van der Waals surface area contributed by atoms with Gasteiger partial charge in [0.2, 0.25) is 0 Å². The predicted octanol–water partition coefficient (Wildman–Crippen LogP) is -6.56. The van der Waals surface area contributed by atoms with Crippen molar-refractivity contribution >= 4 is 66.2 Å². The van der Waals surface area contributed by atoms with Crippen LogP contribution in [0.15, 0.2) is 0 Å². The molecule has 0 fully saturated rings. The molecule has 74 valence electrons. The molecule has 0 aromatic heterocycles. The molecular formula is H13AlBaO8Ti2. The fraction of sp³-hybridized carbons (Fsp3) is 0. The van der Waals surface area contributed by atoms with Gasteiger partial charge in [0.1, 0.15) is 0 Å². The van der Waals surface area contributed by atoms with Crippen LogP contribution in [0.25, 0.3) is 0 Å². The topological polar surface area (TPSA) is 162 Å². The summed E-state index contributed by atoms with van der Waals surface area (Å²) in [5, 5.41) is 0. The summed E-state index contributed by atoms with van der Waals surface area (Å²) in [6.45, 7) is 0. The summed E-state index contributed by atoms with van der Waals surface area (Å²) in [6, 6.07) is 0. The minimum absolute atomic E-state index is 0. The van der Waals surface area contributed by atoms with E-state index in [1.54, 1.807) is 0 Å². The third-order valence-electron chi connectivity index (χ3n) is 0. The van der Waals surface area contributed by atoms with Crippen molar-refractivity contribution in [1.82, 2.24) is 0 Å². The van der Waals surface area contributed by atoms with Crippen molar-refractivity contribution in [3.8, 4) is 0 Å². The van der Waals surface area contributed by atoms with Crippen LogP contribution in [0.5, 0.6) is 0 Å². The predicted molar refractivity (Wildman–Crippen MR) is 36.2 cm³/mol. The Bertz CT molecular complexity index is 60.0. The first-order chi connectivity index (χ1) is 4.00. The van der Waals surface area contributed by atoms with Crippen LogP contribution in [-0.4, -0.2) is 95.7 Å². The average Bonchev–Trinajstić information content (AvgIpc) is 1.12. The van der Waals surface area contributed by atoms with Crippen LogP contribution in [0.2, 0.25) is 0 Å². The summed E-state index contributed by atoms with van der Waals surface area (Å²) in [5.41, 5.74) is 0. The number of rotatable bonds is 0. The van der Waals surface area contributed by atoms with Gasteiger partial charge in [-0.2, -0.15) is 0 Å². The zero-order chi connectivity index (χ0) is 9.00. The van der Waals surface area contributed by atoms with E-state index in [0.29, 0.717) is 0 Å². The molecule has 0 spiro atoms. The molecule has 0 heterocycles. The average molecular weight is 401 g/mol. The second-order valence-corrected chi connectivity index (χ2v) is 4.95. The van der Waals surface area contributed by atoms with Crippen molar-refractivity contribution in [1.29, 1.82) is 0 Å². The van der Waals surface area contributed by atoms with Gasteiger partial charge >= 0.3 is 115 Å². The van der Waals surface area contributed by atoms with Gasteiger partial charge in [-0.15, -0.1) is 0 Å². The van der Waals surface area contributed by atoms with Gasteiger partial charge in [-0.05, 0) is 0 Å². The third kappa shape index (κ3) is 191. The summed E-state index contributed by atoms with van der Waals surface area (Å²) in [5.74, 6) is 0. The maximum atomic E-state index is 7.38. The molecular weight excluding hydrogens is 388 g/mol. The van der Waals surface area contributed by atoms with Gasteiger partial charge in [0, 0.05) is 0 Å². The standard InChI is InChI=1S/Al.Ba.8H2O.2Ti.5H/h;;8*1H2;;;;;;;/q;;;;;;;;;;2*+4;;;;;/p-8. The van der Waals surface area contributed by atoms with E-state index >= 15 is 0 Å². The molecule has 12 heteroatoms. The Kier molecular flexibility index (Phi) is 21.8. The summed E-state index contributed by atoms with van der Waals surface area (Å²) in [4.78, 5) is 0. The van der Waals surface area contributed by atoms with E-state index in [1.807, 2.05) is 0 Å². The molecule has 0 saturated carbocycles. The molecule has 0 rings (SSSR count). The van der Waals surface area contributed by atoms with Crippen LogP contribution in [0.4, 0.5) is 0 Å². The van der Waals surface area contributed by atoms with Crippen molar-refractivity contribution in [3.05, 3.63) is 0 Å². The second kappa shape index (κ2) is 10.7. The maximum absolute atomic E-state index is 7.38. The zero-order valence-electron chi connectivity index (χ0n) is 4.58. The Morgan fingerprint density at radius 3 is 0.500 bits per heavy atom. The van der Waals surface area contributed by atoms with Gasteiger partial charge in [0.15, 0.2) is 17.4 Å². The molecule has 8 N–H and O–H groups in total. The Morgan fingerprint density at radius 2 is 0.500 bits per heavy atom. The number of hydrogen-bond acceptors (Lipinski definition) is 8. The van der Waals surface area contributed by atoms with Crippen molar-refractivity contribution in [2.24, 2.45) is 0 Å². The molecule has 12 heavy (non-hydrogen) atoms. The quantitative estimate of drug-likeness (QED) is 0.186. The summed E-state index contributed by atoms with van der Waals surface area (Å²) >= 11 is -10.0. The van der Waals surface area contributed by atoms with Gasteiger partial charge in [-0.3, -0.25) is 0 Å². The van der Waals surface area contributed by atoms with Crippen LogP contribution in [0, 0.1) is 0 Å². The van der Waals surface area contributed by atoms with E-state index in [0.717, 1.165) is 0 Å². The summed E-state index contributed by atoms with van der Waals surface area (Å²) in [6.07, 6.45) is 0. The molecule has 0 saturated heterocycles. The van der Waals surface area contributed by atoms with Crippen molar-refractivity contribution in [2.45, 2.75) is 0 Å². The Balaban J connectivity index is -0.0000000457. The zero-order valence-corrected chi connectivity index (χ0v) is 7.70. The Hall–Kier alpha value is 3.21. The Labute approximate surface area is 129 Å². The van der Waals surface area contributed by atoms with Crippen molar-refractivity contribution in [3.63, 3.8) is 0 Å². The molecule has 0 aromatic carbocycles. The van der Waals surface area contributed by atoms with Crippen LogP contribution in [-0.2, 0) is 36.3 Å². The molecule has 0 radical (unpaired) electrons. The first-order valence-corrected chi connectivity index (χ1v) is 7.38. The second-order valence-electron chi connectivity index (χ2n) is 1.20. The van der Waals surface area contributed by atoms with E-state index in [4.69, 9.17) is 29.5 Å². The summed E-state index contributed by atoms with van der Waals surface area (Å²) in [7, 11) is 0. The van der Waals surface area contributed by atoms with Gasteiger partial charge in [0.05, 0.1) is 0 Å². The van der Waals surface area contributed by atoms with Crippen molar-refractivity contribution < 1.29 is 65.8 Å². The first-order valence-electron chi connectivity index (χ1n) is 1.79. The molecule has 0 atom stereocenters. The van der Waals surface area contributed by atoms with E-state index in [-0.39, 0.29) is 66.2 Å². The molecule has 0 aromatic rings. The van der Waals surface area contributed by atoms with E-state index in [2.05, 4.69) is 0 Å². The van der Waals surface area contributed by atoms with Gasteiger partial charge in [0.25, 0.3) is 0 Å². The van der Waals surface area contributed by atoms with Gasteiger partial charge < -0.3 is 0 Å². The molecule has 0 aliphatic carbocycles. The van der Waals surface area contributed by atoms with Crippen LogP contribution < -0.4 is 0 Å². The number of hydrogen-bond donors (Lipinski definition) is 8. The fourth-order valence-electron chi connectivity index (χ4n) is 0. The van der Waals surface area contributed by atoms with Crippen molar-refractivity contribution in [2.75, 3.05) is 0 Å². The molecule has 8 nitrogen and oxygen atoms in total. The normalized spacial score (nSPS) is 10.0. The first kappa shape index (κ1) is 24.4. The van der Waals surface area contributed by atoms with E-state index < -0.39 is 36.3 Å². The fourth-order valence-corrected chi connectivity index (χ4v) is 0. The molecule has 0 amide bonds. The van der Waals surface area contributed by atoms with E-state index in [1.165, 1.54) is 0 Å². The summed E-state index contributed by atoms with van der Waals surface area (Å²) < 4.78 is 59.0. The Morgan fingerprint density at radius 1 is 0.500 bits per heavy atom. The minimum atomic E-state index is -5.00. The van der Waals surface area contributed by atoms with Crippen LogP contribution in [0.3, 0.4) is 0 Å².